The molecule has 1 heterocycles. The van der Waals surface area contributed by atoms with Gasteiger partial charge in [-0.3, -0.25) is 19.4 Å². The molecule has 0 aliphatic carbocycles. The van der Waals surface area contributed by atoms with Crippen molar-refractivity contribution in [1.29, 1.82) is 0 Å². The Labute approximate surface area is 120 Å². The van der Waals surface area contributed by atoms with Crippen molar-refractivity contribution in [2.24, 2.45) is 0 Å². The molecule has 7 nitrogen and oxygen atoms in total. The molecule has 21 heavy (non-hydrogen) atoms. The van der Waals surface area contributed by atoms with Crippen LogP contribution in [0.3, 0.4) is 0 Å². The van der Waals surface area contributed by atoms with Gasteiger partial charge in [0.25, 0.3) is 5.91 Å². The van der Waals surface area contributed by atoms with Crippen LogP contribution in [0.25, 0.3) is 10.9 Å². The van der Waals surface area contributed by atoms with Crippen molar-refractivity contribution in [3.63, 3.8) is 0 Å². The monoisotopic (exact) mass is 287 g/mol. The Kier molecular flexibility index (Phi) is 4.45. The Balaban J connectivity index is 2.03. The fourth-order valence-electron chi connectivity index (χ4n) is 1.79. The SMILES string of the molecule is O=C(O)CNC(=O)CNC(=O)c1ccnc2ccccc12. The average Bonchev–Trinajstić information content (AvgIpc) is 2.50. The van der Waals surface area contributed by atoms with E-state index >= 15 is 0 Å². The topological polar surface area (TPSA) is 108 Å². The van der Waals surface area contributed by atoms with E-state index in [1.807, 2.05) is 6.07 Å². The molecule has 2 amide bonds. The van der Waals surface area contributed by atoms with E-state index in [1.165, 1.54) is 6.20 Å². The molecule has 0 aliphatic heterocycles. The summed E-state index contributed by atoms with van der Waals surface area (Å²) in [6.45, 7) is -0.768. The number of carbonyl (C=O) groups excluding carboxylic acids is 2. The lowest BCUT2D eigenvalue weighted by atomic mass is 10.1. The zero-order valence-corrected chi connectivity index (χ0v) is 11.0. The van der Waals surface area contributed by atoms with Gasteiger partial charge in [-0.15, -0.1) is 0 Å². The summed E-state index contributed by atoms with van der Waals surface area (Å²) in [6, 6.07) is 8.72. The highest BCUT2D eigenvalue weighted by atomic mass is 16.4. The molecule has 0 radical (unpaired) electrons. The number of hydrogen-bond donors (Lipinski definition) is 3. The number of carboxylic acid groups (broad SMARTS) is 1. The van der Waals surface area contributed by atoms with Crippen molar-refractivity contribution in [2.45, 2.75) is 0 Å². The number of carbonyl (C=O) groups is 3. The summed E-state index contributed by atoms with van der Waals surface area (Å²) in [5.41, 5.74) is 1.09. The number of nitrogens with one attached hydrogen (secondary N) is 2. The molecule has 0 saturated heterocycles. The molecule has 108 valence electrons. The van der Waals surface area contributed by atoms with Gasteiger partial charge in [-0.1, -0.05) is 18.2 Å². The first-order valence-corrected chi connectivity index (χ1v) is 6.18. The first kappa shape index (κ1) is 14.4. The van der Waals surface area contributed by atoms with Gasteiger partial charge in [0.15, 0.2) is 0 Å². The van der Waals surface area contributed by atoms with E-state index in [0.29, 0.717) is 16.5 Å². The van der Waals surface area contributed by atoms with Crippen molar-refractivity contribution in [2.75, 3.05) is 13.1 Å². The molecule has 1 aromatic carbocycles. The van der Waals surface area contributed by atoms with Crippen molar-refractivity contribution < 1.29 is 19.5 Å². The van der Waals surface area contributed by atoms with E-state index < -0.39 is 24.3 Å². The summed E-state index contributed by atoms with van der Waals surface area (Å²) in [5.74, 6) is -2.13. The van der Waals surface area contributed by atoms with Gasteiger partial charge in [0.05, 0.1) is 17.6 Å². The lowest BCUT2D eigenvalue weighted by Crippen LogP contribution is -2.39. The Morgan fingerprint density at radius 1 is 1.05 bits per heavy atom. The zero-order chi connectivity index (χ0) is 15.2. The number of benzene rings is 1. The highest BCUT2D eigenvalue weighted by Crippen LogP contribution is 2.15. The van der Waals surface area contributed by atoms with Gasteiger partial charge in [0.1, 0.15) is 6.54 Å². The lowest BCUT2D eigenvalue weighted by molar-refractivity contribution is -0.137. The van der Waals surface area contributed by atoms with Crippen molar-refractivity contribution >= 4 is 28.7 Å². The third-order valence-electron chi connectivity index (χ3n) is 2.74. The van der Waals surface area contributed by atoms with Crippen LogP contribution < -0.4 is 10.6 Å². The molecule has 2 rings (SSSR count). The Morgan fingerprint density at radius 3 is 2.57 bits per heavy atom. The second kappa shape index (κ2) is 6.47. The minimum atomic E-state index is -1.14. The van der Waals surface area contributed by atoms with Crippen LogP contribution in [0, 0.1) is 0 Å². The van der Waals surface area contributed by atoms with Crippen LogP contribution in [-0.4, -0.2) is 41.0 Å². The summed E-state index contributed by atoms with van der Waals surface area (Å²) in [5, 5.41) is 13.7. The first-order valence-electron chi connectivity index (χ1n) is 6.18. The smallest absolute Gasteiger partial charge is 0.322 e. The normalized spacial score (nSPS) is 10.1. The highest BCUT2D eigenvalue weighted by molar-refractivity contribution is 6.06. The van der Waals surface area contributed by atoms with E-state index in [4.69, 9.17) is 5.11 Å². The lowest BCUT2D eigenvalue weighted by Gasteiger charge is -2.07. The van der Waals surface area contributed by atoms with Gasteiger partial charge in [-0.25, -0.2) is 0 Å². The average molecular weight is 287 g/mol. The molecule has 2 aromatic rings. The summed E-state index contributed by atoms with van der Waals surface area (Å²) < 4.78 is 0. The molecule has 0 bridgehead atoms. The van der Waals surface area contributed by atoms with Crippen molar-refractivity contribution in [3.05, 3.63) is 42.1 Å². The molecule has 3 N–H and O–H groups in total. The minimum absolute atomic E-state index is 0.289. The van der Waals surface area contributed by atoms with Gasteiger partial charge in [-0.2, -0.15) is 0 Å². The number of carboxylic acids is 1. The third-order valence-corrected chi connectivity index (χ3v) is 2.74. The Morgan fingerprint density at radius 2 is 1.81 bits per heavy atom. The van der Waals surface area contributed by atoms with Crippen LogP contribution in [0.1, 0.15) is 10.4 Å². The van der Waals surface area contributed by atoms with Crippen LogP contribution in [-0.2, 0) is 9.59 Å². The van der Waals surface area contributed by atoms with Gasteiger partial charge in [-0.05, 0) is 12.1 Å². The molecular weight excluding hydrogens is 274 g/mol. The third kappa shape index (κ3) is 3.75. The van der Waals surface area contributed by atoms with Crippen LogP contribution >= 0.6 is 0 Å². The van der Waals surface area contributed by atoms with Crippen molar-refractivity contribution in [1.82, 2.24) is 15.6 Å². The molecule has 0 aliphatic rings. The molecule has 0 fully saturated rings. The molecule has 0 unspecified atom stereocenters. The van der Waals surface area contributed by atoms with Crippen molar-refractivity contribution in [3.8, 4) is 0 Å². The number of pyridine rings is 1. The molecule has 7 heteroatoms. The van der Waals surface area contributed by atoms with Gasteiger partial charge in [0, 0.05) is 11.6 Å². The fourth-order valence-corrected chi connectivity index (χ4v) is 1.79. The van der Waals surface area contributed by atoms with Gasteiger partial charge >= 0.3 is 5.97 Å². The number of fused-ring (bicyclic) bond motifs is 1. The number of rotatable bonds is 5. The van der Waals surface area contributed by atoms with E-state index in [0.717, 1.165) is 0 Å². The predicted molar refractivity (Wildman–Crippen MR) is 74.7 cm³/mol. The molecule has 0 atom stereocenters. The number of aromatic nitrogens is 1. The van der Waals surface area contributed by atoms with E-state index in [-0.39, 0.29) is 6.54 Å². The number of hydrogen-bond acceptors (Lipinski definition) is 4. The standard InChI is InChI=1S/C14H13N3O4/c18-12(16-8-13(19)20)7-17-14(21)10-5-6-15-11-4-2-1-3-9(10)11/h1-6H,7-8H2,(H,16,18)(H,17,21)(H,19,20). The summed E-state index contributed by atoms with van der Waals surface area (Å²) in [6.07, 6.45) is 1.52. The maximum absolute atomic E-state index is 12.1. The minimum Gasteiger partial charge on any atom is -0.480 e. The largest absolute Gasteiger partial charge is 0.480 e. The molecule has 0 spiro atoms. The van der Waals surface area contributed by atoms with E-state index in [2.05, 4.69) is 15.6 Å². The summed E-state index contributed by atoms with van der Waals surface area (Å²) in [7, 11) is 0. The van der Waals surface area contributed by atoms with Crippen LogP contribution in [0.5, 0.6) is 0 Å². The maximum atomic E-state index is 12.1. The molecule has 1 aromatic heterocycles. The number of aliphatic carboxylic acids is 1. The van der Waals surface area contributed by atoms with Gasteiger partial charge < -0.3 is 15.7 Å². The predicted octanol–water partition coefficient (Wildman–Crippen LogP) is 0.165. The van der Waals surface area contributed by atoms with Crippen LogP contribution in [0.2, 0.25) is 0 Å². The molecule has 0 saturated carbocycles. The van der Waals surface area contributed by atoms with Gasteiger partial charge in [0.2, 0.25) is 5.91 Å². The highest BCUT2D eigenvalue weighted by Gasteiger charge is 2.11. The number of nitrogens with zero attached hydrogens (tertiary/aromatic N) is 1. The van der Waals surface area contributed by atoms with Crippen LogP contribution in [0.4, 0.5) is 0 Å². The number of para-hydroxylation sites is 1. The summed E-state index contributed by atoms with van der Waals surface area (Å²) in [4.78, 5) is 37.9. The molecular formula is C14H13N3O4. The van der Waals surface area contributed by atoms with E-state index in [1.54, 1.807) is 24.3 Å². The fraction of sp³-hybridized carbons (Fsp3) is 0.143. The summed E-state index contributed by atoms with van der Waals surface area (Å²) >= 11 is 0. The quantitative estimate of drug-likeness (QED) is 0.726. The Hall–Kier alpha value is -2.96. The second-order valence-corrected chi connectivity index (χ2v) is 4.23. The van der Waals surface area contributed by atoms with E-state index in [9.17, 15) is 14.4 Å². The maximum Gasteiger partial charge on any atom is 0.322 e. The number of amides is 2. The first-order chi connectivity index (χ1) is 10.1. The second-order valence-electron chi connectivity index (χ2n) is 4.23. The Bertz CT molecular complexity index is 694. The van der Waals surface area contributed by atoms with Crippen LogP contribution in [0.15, 0.2) is 36.5 Å². The zero-order valence-electron chi connectivity index (χ0n) is 11.0.